The number of hydrogen-bond donors (Lipinski definition) is 3. The van der Waals surface area contributed by atoms with Crippen molar-refractivity contribution in [3.05, 3.63) is 51.7 Å². The van der Waals surface area contributed by atoms with E-state index in [1.54, 1.807) is 6.07 Å². The third-order valence-electron chi connectivity index (χ3n) is 4.56. The molecule has 3 N–H and O–H groups in total. The van der Waals surface area contributed by atoms with Gasteiger partial charge in [0, 0.05) is 19.7 Å². The van der Waals surface area contributed by atoms with Crippen LogP contribution in [0.2, 0.25) is 5.02 Å². The van der Waals surface area contributed by atoms with Crippen LogP contribution < -0.4 is 20.9 Å². The van der Waals surface area contributed by atoms with E-state index in [0.717, 1.165) is 30.9 Å². The number of nitrogens with one attached hydrogen (secondary N) is 3. The molecule has 164 valence electrons. The number of hydrogen-bond acceptors (Lipinski definition) is 8. The first-order chi connectivity index (χ1) is 14.9. The summed E-state index contributed by atoms with van der Waals surface area (Å²) < 4.78 is 0. The molecule has 0 saturated heterocycles. The minimum atomic E-state index is -0.259. The second kappa shape index (κ2) is 10.5. The molecule has 0 saturated carbocycles. The minimum Gasteiger partial charge on any atom is -0.359 e. The van der Waals surface area contributed by atoms with Crippen LogP contribution in [0.1, 0.15) is 27.5 Å². The number of aromatic nitrogens is 3. The number of amides is 1. The fraction of sp³-hybridized carbons (Fsp3) is 0.333. The number of carbonyl (C=O) groups is 1. The van der Waals surface area contributed by atoms with E-state index in [4.69, 9.17) is 11.6 Å². The highest BCUT2D eigenvalue weighted by molar-refractivity contribution is 7.17. The lowest BCUT2D eigenvalue weighted by Crippen LogP contribution is -2.23. The first-order valence-corrected chi connectivity index (χ1v) is 11.1. The maximum Gasteiger partial charge on any atom is 0.267 e. The maximum absolute atomic E-state index is 12.6. The number of benzene rings is 1. The third-order valence-corrected chi connectivity index (χ3v) is 5.79. The second-order valence-corrected chi connectivity index (χ2v) is 8.52. The topological polar surface area (TPSA) is 95.1 Å². The summed E-state index contributed by atoms with van der Waals surface area (Å²) in [5.74, 6) is 1.86. The van der Waals surface area contributed by atoms with Gasteiger partial charge in [0.15, 0.2) is 5.13 Å². The van der Waals surface area contributed by atoms with E-state index >= 15 is 0 Å². The Balaban J connectivity index is 1.70. The average molecular weight is 460 g/mol. The normalized spacial score (nSPS) is 10.7. The first kappa shape index (κ1) is 22.9. The van der Waals surface area contributed by atoms with E-state index in [0.29, 0.717) is 32.4 Å². The molecule has 8 nitrogen and oxygen atoms in total. The van der Waals surface area contributed by atoms with Crippen LogP contribution in [0.5, 0.6) is 0 Å². The van der Waals surface area contributed by atoms with Crippen molar-refractivity contribution in [2.45, 2.75) is 20.3 Å². The number of rotatable bonds is 9. The molecule has 0 bridgehead atoms. The predicted octanol–water partition coefficient (Wildman–Crippen LogP) is 4.24. The van der Waals surface area contributed by atoms with E-state index < -0.39 is 0 Å². The van der Waals surface area contributed by atoms with Crippen LogP contribution in [0, 0.1) is 13.8 Å². The summed E-state index contributed by atoms with van der Waals surface area (Å²) in [6.07, 6.45) is 2.54. The van der Waals surface area contributed by atoms with Gasteiger partial charge in [-0.1, -0.05) is 35.1 Å². The highest BCUT2D eigenvalue weighted by atomic mass is 35.5. The molecule has 2 heterocycles. The Morgan fingerprint density at radius 2 is 2.06 bits per heavy atom. The lowest BCUT2D eigenvalue weighted by atomic mass is 10.2. The van der Waals surface area contributed by atoms with Gasteiger partial charge >= 0.3 is 0 Å². The molecular formula is C21H26ClN7OS. The number of thiazole rings is 1. The summed E-state index contributed by atoms with van der Waals surface area (Å²) >= 11 is 7.45. The van der Waals surface area contributed by atoms with E-state index in [9.17, 15) is 4.79 Å². The molecule has 0 fully saturated rings. The van der Waals surface area contributed by atoms with Gasteiger partial charge in [-0.15, -0.1) is 0 Å². The summed E-state index contributed by atoms with van der Waals surface area (Å²) in [4.78, 5) is 28.5. The van der Waals surface area contributed by atoms with Crippen LogP contribution >= 0.6 is 22.9 Å². The van der Waals surface area contributed by atoms with Gasteiger partial charge in [0.1, 0.15) is 22.3 Å². The molecule has 0 radical (unpaired) electrons. The number of nitrogens with zero attached hydrogens (tertiary/aromatic N) is 4. The van der Waals surface area contributed by atoms with E-state index in [-0.39, 0.29) is 5.91 Å². The van der Waals surface area contributed by atoms with Gasteiger partial charge in [-0.3, -0.25) is 4.79 Å². The van der Waals surface area contributed by atoms with Crippen LogP contribution in [-0.4, -0.2) is 48.0 Å². The fourth-order valence-electron chi connectivity index (χ4n) is 2.93. The van der Waals surface area contributed by atoms with Crippen LogP contribution in [0.3, 0.4) is 0 Å². The second-order valence-electron chi connectivity index (χ2n) is 7.08. The van der Waals surface area contributed by atoms with Gasteiger partial charge in [-0.05, 0) is 45.5 Å². The molecule has 10 heteroatoms. The zero-order valence-electron chi connectivity index (χ0n) is 18.0. The molecule has 0 aliphatic carbocycles. The number of anilines is 4. The highest BCUT2D eigenvalue weighted by Gasteiger charge is 2.15. The Kier molecular flexibility index (Phi) is 7.78. The van der Waals surface area contributed by atoms with Crippen molar-refractivity contribution in [3.8, 4) is 0 Å². The summed E-state index contributed by atoms with van der Waals surface area (Å²) in [5, 5.41) is 10.3. The molecule has 0 aliphatic rings. The van der Waals surface area contributed by atoms with Gasteiger partial charge < -0.3 is 20.9 Å². The van der Waals surface area contributed by atoms with Gasteiger partial charge in [0.2, 0.25) is 0 Å². The van der Waals surface area contributed by atoms with Crippen LogP contribution in [-0.2, 0) is 0 Å². The van der Waals surface area contributed by atoms with Gasteiger partial charge in [0.25, 0.3) is 5.91 Å². The quantitative estimate of drug-likeness (QED) is 0.412. The maximum atomic E-state index is 12.6. The summed E-state index contributed by atoms with van der Waals surface area (Å²) in [6, 6.07) is 7.36. The van der Waals surface area contributed by atoms with Crippen molar-refractivity contribution in [2.75, 3.05) is 42.7 Å². The molecular weight excluding hydrogens is 434 g/mol. The zero-order chi connectivity index (χ0) is 22.4. The van der Waals surface area contributed by atoms with Gasteiger partial charge in [0.05, 0.1) is 16.9 Å². The van der Waals surface area contributed by atoms with Crippen molar-refractivity contribution in [3.63, 3.8) is 0 Å². The number of carbonyl (C=O) groups excluding carboxylic acids is 1. The van der Waals surface area contributed by atoms with Crippen LogP contribution in [0.4, 0.5) is 22.5 Å². The Morgan fingerprint density at radius 1 is 1.26 bits per heavy atom. The van der Waals surface area contributed by atoms with Crippen molar-refractivity contribution in [1.29, 1.82) is 0 Å². The van der Waals surface area contributed by atoms with E-state index in [2.05, 4.69) is 35.8 Å². The molecule has 2 aromatic heterocycles. The standard InChI is InChI=1S/C21H26ClN7OS/c1-13-7-5-8-15(22)19(13)28-20(30)16-12-24-21(31-16)27-17-11-18(26-14(2)25-17)29(4)10-6-9-23-3/h5,7-8,11-12,23H,6,9-10H2,1-4H3,(H,28,30)(H,24,25,26,27). The zero-order valence-corrected chi connectivity index (χ0v) is 19.6. The average Bonchev–Trinajstić information content (AvgIpc) is 3.19. The molecule has 0 atom stereocenters. The summed E-state index contributed by atoms with van der Waals surface area (Å²) in [5.41, 5.74) is 1.50. The highest BCUT2D eigenvalue weighted by Crippen LogP contribution is 2.28. The number of halogens is 1. The van der Waals surface area contributed by atoms with Crippen molar-refractivity contribution < 1.29 is 4.79 Å². The molecule has 3 aromatic rings. The predicted molar refractivity (Wildman–Crippen MR) is 128 cm³/mol. The van der Waals surface area contributed by atoms with Crippen LogP contribution in [0.15, 0.2) is 30.5 Å². The van der Waals surface area contributed by atoms with Gasteiger partial charge in [-0.25, -0.2) is 15.0 Å². The van der Waals surface area contributed by atoms with Crippen molar-refractivity contribution in [1.82, 2.24) is 20.3 Å². The van der Waals surface area contributed by atoms with E-state index in [1.807, 2.05) is 46.1 Å². The third kappa shape index (κ3) is 6.13. The molecule has 0 aliphatic heterocycles. The largest absolute Gasteiger partial charge is 0.359 e. The monoisotopic (exact) mass is 459 g/mol. The first-order valence-electron chi connectivity index (χ1n) is 9.88. The lowest BCUT2D eigenvalue weighted by molar-refractivity contribution is 0.103. The Hall–Kier alpha value is -2.75. The molecule has 1 aromatic carbocycles. The van der Waals surface area contributed by atoms with Crippen molar-refractivity contribution >= 4 is 51.3 Å². The minimum absolute atomic E-state index is 0.259. The smallest absolute Gasteiger partial charge is 0.267 e. The molecule has 0 spiro atoms. The molecule has 0 unspecified atom stereocenters. The molecule has 1 amide bonds. The molecule has 3 rings (SSSR count). The summed E-state index contributed by atoms with van der Waals surface area (Å²) in [7, 11) is 3.94. The number of aryl methyl sites for hydroxylation is 2. The molecule has 31 heavy (non-hydrogen) atoms. The van der Waals surface area contributed by atoms with Gasteiger partial charge in [-0.2, -0.15) is 0 Å². The Morgan fingerprint density at radius 3 is 2.81 bits per heavy atom. The SMILES string of the molecule is CNCCCN(C)c1cc(Nc2ncc(C(=O)Nc3c(C)cccc3Cl)s2)nc(C)n1. The van der Waals surface area contributed by atoms with Crippen LogP contribution in [0.25, 0.3) is 0 Å². The van der Waals surface area contributed by atoms with E-state index in [1.165, 1.54) is 17.5 Å². The Labute approximate surface area is 191 Å². The van der Waals surface area contributed by atoms with Crippen molar-refractivity contribution in [2.24, 2.45) is 0 Å². The summed E-state index contributed by atoms with van der Waals surface area (Å²) in [6.45, 7) is 5.56. The lowest BCUT2D eigenvalue weighted by Gasteiger charge is -2.19. The fourth-order valence-corrected chi connectivity index (χ4v) is 3.92. The Bertz CT molecular complexity index is 1040. The number of para-hydroxylation sites is 1.